The topological polar surface area (TPSA) is 58.1 Å². The molecule has 0 radical (unpaired) electrons. The first-order valence-corrected chi connectivity index (χ1v) is 9.43. The maximum atomic E-state index is 11.8. The molecule has 1 N–H and O–H groups in total. The predicted molar refractivity (Wildman–Crippen MR) is 101 cm³/mol. The third kappa shape index (κ3) is 2.86. The molecule has 5 nitrogen and oxygen atoms in total. The fourth-order valence-corrected chi connectivity index (χ4v) is 4.56. The van der Waals surface area contributed by atoms with E-state index in [9.17, 15) is 9.59 Å². The number of likely N-dealkylation sites (tertiary alicyclic amines) is 1. The van der Waals surface area contributed by atoms with Crippen LogP contribution >= 0.6 is 22.6 Å². The molecule has 1 aliphatic carbocycles. The van der Waals surface area contributed by atoms with Gasteiger partial charge in [-0.3, -0.25) is 14.3 Å². The predicted octanol–water partition coefficient (Wildman–Crippen LogP) is 1.80. The van der Waals surface area contributed by atoms with Crippen LogP contribution in [0.5, 0.6) is 0 Å². The summed E-state index contributed by atoms with van der Waals surface area (Å²) >= 11 is 1.96. The van der Waals surface area contributed by atoms with E-state index < -0.39 is 0 Å². The van der Waals surface area contributed by atoms with E-state index in [4.69, 9.17) is 0 Å². The summed E-state index contributed by atoms with van der Waals surface area (Å²) in [6, 6.07) is 10.9. The summed E-state index contributed by atoms with van der Waals surface area (Å²) in [5.74, 6) is 0.789. The lowest BCUT2D eigenvalue weighted by Crippen LogP contribution is -2.33. The average molecular weight is 437 g/mol. The van der Waals surface area contributed by atoms with Crippen LogP contribution in [0.25, 0.3) is 0 Å². The highest BCUT2D eigenvalue weighted by Crippen LogP contribution is 2.58. The Balaban J connectivity index is 1.35. The van der Waals surface area contributed by atoms with Gasteiger partial charge in [0.15, 0.2) is 0 Å². The van der Waals surface area contributed by atoms with Crippen LogP contribution in [0.15, 0.2) is 46.1 Å². The first-order valence-electron chi connectivity index (χ1n) is 8.36. The van der Waals surface area contributed by atoms with E-state index in [1.54, 1.807) is 10.8 Å². The van der Waals surface area contributed by atoms with Crippen molar-refractivity contribution in [3.8, 4) is 0 Å². The van der Waals surface area contributed by atoms with Crippen molar-refractivity contribution in [2.45, 2.75) is 24.8 Å². The summed E-state index contributed by atoms with van der Waals surface area (Å²) in [6.07, 6.45) is 3.87. The number of rotatable bonds is 5. The molecule has 2 aliphatic rings. The van der Waals surface area contributed by atoms with E-state index in [-0.39, 0.29) is 11.2 Å². The standard InChI is InChI=1S/C18H20IN3O2/c19-15-11-22(17(24)20-16(15)23)8-4-7-21-10-14-9-18(14,12-21)13-5-2-1-3-6-13/h1-3,5-6,11,14H,4,7-10,12H2,(H,20,23,24)/t14-,18+/m1/s1. The number of nitrogens with zero attached hydrogens (tertiary/aromatic N) is 2. The fraction of sp³-hybridized carbons (Fsp3) is 0.444. The van der Waals surface area contributed by atoms with E-state index in [1.807, 2.05) is 22.6 Å². The van der Waals surface area contributed by atoms with Gasteiger partial charge in [0.2, 0.25) is 0 Å². The normalized spacial score (nSPS) is 25.6. The molecule has 4 rings (SSSR count). The number of hydrogen-bond acceptors (Lipinski definition) is 3. The Morgan fingerprint density at radius 3 is 2.79 bits per heavy atom. The van der Waals surface area contributed by atoms with Gasteiger partial charge in [-0.1, -0.05) is 30.3 Å². The molecule has 2 fully saturated rings. The molecule has 0 amide bonds. The van der Waals surface area contributed by atoms with Crippen LogP contribution in [0.4, 0.5) is 0 Å². The van der Waals surface area contributed by atoms with Gasteiger partial charge in [0.25, 0.3) is 5.56 Å². The van der Waals surface area contributed by atoms with Crippen LogP contribution in [0.3, 0.4) is 0 Å². The van der Waals surface area contributed by atoms with Crippen molar-refractivity contribution in [1.82, 2.24) is 14.5 Å². The number of halogens is 1. The lowest BCUT2D eigenvalue weighted by atomic mass is 9.95. The summed E-state index contributed by atoms with van der Waals surface area (Å²) in [5.41, 5.74) is 1.24. The van der Waals surface area contributed by atoms with Gasteiger partial charge in [0.05, 0.1) is 3.57 Å². The third-order valence-corrected chi connectivity index (χ3v) is 6.17. The highest BCUT2D eigenvalue weighted by molar-refractivity contribution is 14.1. The van der Waals surface area contributed by atoms with Crippen LogP contribution in [-0.4, -0.2) is 34.1 Å². The molecule has 1 saturated carbocycles. The maximum absolute atomic E-state index is 11.8. The number of H-pyrrole nitrogens is 1. The summed E-state index contributed by atoms with van der Waals surface area (Å²) in [6.45, 7) is 3.92. The minimum Gasteiger partial charge on any atom is -0.302 e. The largest absolute Gasteiger partial charge is 0.328 e. The van der Waals surface area contributed by atoms with Crippen molar-refractivity contribution in [1.29, 1.82) is 0 Å². The Morgan fingerprint density at radius 1 is 1.21 bits per heavy atom. The fourth-order valence-electron chi connectivity index (χ4n) is 4.09. The molecule has 1 aromatic carbocycles. The van der Waals surface area contributed by atoms with Gasteiger partial charge in [0, 0.05) is 31.2 Å². The Bertz CT molecular complexity index is 861. The molecule has 24 heavy (non-hydrogen) atoms. The molecule has 6 heteroatoms. The van der Waals surface area contributed by atoms with Crippen LogP contribution in [-0.2, 0) is 12.0 Å². The van der Waals surface area contributed by atoms with Crippen molar-refractivity contribution in [2.75, 3.05) is 19.6 Å². The summed E-state index contributed by atoms with van der Waals surface area (Å²) < 4.78 is 2.16. The molecular formula is C18H20IN3O2. The Hall–Kier alpha value is -1.41. The molecule has 0 unspecified atom stereocenters. The Labute approximate surface area is 153 Å². The highest BCUT2D eigenvalue weighted by atomic mass is 127. The van der Waals surface area contributed by atoms with Crippen molar-refractivity contribution in [3.05, 3.63) is 66.5 Å². The van der Waals surface area contributed by atoms with Gasteiger partial charge >= 0.3 is 5.69 Å². The van der Waals surface area contributed by atoms with Crippen molar-refractivity contribution in [3.63, 3.8) is 0 Å². The minimum absolute atomic E-state index is 0.304. The first kappa shape index (κ1) is 16.1. The molecule has 126 valence electrons. The second kappa shape index (κ2) is 6.15. The van der Waals surface area contributed by atoms with Gasteiger partial charge in [-0.15, -0.1) is 0 Å². The molecule has 1 aliphatic heterocycles. The molecule has 1 aromatic heterocycles. The second-order valence-corrected chi connectivity index (χ2v) is 8.10. The number of aromatic nitrogens is 2. The van der Waals surface area contributed by atoms with Crippen LogP contribution in [0.2, 0.25) is 0 Å². The first-order chi connectivity index (χ1) is 11.6. The molecule has 2 atom stereocenters. The van der Waals surface area contributed by atoms with E-state index in [2.05, 4.69) is 40.2 Å². The van der Waals surface area contributed by atoms with Crippen molar-refractivity contribution < 1.29 is 0 Å². The highest BCUT2D eigenvalue weighted by Gasteiger charge is 2.60. The number of hydrogen-bond donors (Lipinski definition) is 1. The Morgan fingerprint density at radius 2 is 2.00 bits per heavy atom. The van der Waals surface area contributed by atoms with E-state index in [0.717, 1.165) is 32.0 Å². The molecule has 2 heterocycles. The average Bonchev–Trinajstić information content (AvgIpc) is 3.15. The maximum Gasteiger partial charge on any atom is 0.328 e. The van der Waals surface area contributed by atoms with Crippen molar-refractivity contribution in [2.24, 2.45) is 5.92 Å². The molecular weight excluding hydrogens is 417 g/mol. The second-order valence-electron chi connectivity index (χ2n) is 6.94. The summed E-state index contributed by atoms with van der Waals surface area (Å²) in [7, 11) is 0. The zero-order valence-corrected chi connectivity index (χ0v) is 15.5. The van der Waals surface area contributed by atoms with E-state index in [1.165, 1.54) is 12.0 Å². The SMILES string of the molecule is O=c1[nH]c(=O)n(CCCN2C[C@H]3C[C@@]3(c3ccccc3)C2)cc1I. The number of aryl methyl sites for hydroxylation is 1. The number of benzene rings is 1. The van der Waals surface area contributed by atoms with Gasteiger partial charge in [-0.05, 0) is 53.5 Å². The van der Waals surface area contributed by atoms with Gasteiger partial charge in [-0.2, -0.15) is 0 Å². The number of nitrogens with one attached hydrogen (secondary N) is 1. The third-order valence-electron chi connectivity index (χ3n) is 5.41. The van der Waals surface area contributed by atoms with Crippen molar-refractivity contribution >= 4 is 22.6 Å². The Kier molecular flexibility index (Phi) is 4.12. The van der Waals surface area contributed by atoms with E-state index >= 15 is 0 Å². The smallest absolute Gasteiger partial charge is 0.302 e. The van der Waals surface area contributed by atoms with Crippen LogP contribution in [0, 0.1) is 9.49 Å². The molecule has 1 saturated heterocycles. The summed E-state index contributed by atoms with van der Waals surface area (Å²) in [5, 5.41) is 0. The van der Waals surface area contributed by atoms with Gasteiger partial charge in [0.1, 0.15) is 0 Å². The summed E-state index contributed by atoms with van der Waals surface area (Å²) in [4.78, 5) is 28.1. The minimum atomic E-state index is -0.314. The lowest BCUT2D eigenvalue weighted by molar-refractivity contribution is 0.287. The van der Waals surface area contributed by atoms with E-state index in [0.29, 0.717) is 15.5 Å². The lowest BCUT2D eigenvalue weighted by Gasteiger charge is -2.21. The zero-order valence-electron chi connectivity index (χ0n) is 13.4. The monoisotopic (exact) mass is 437 g/mol. The number of aromatic amines is 1. The number of piperidine rings is 1. The van der Waals surface area contributed by atoms with Gasteiger partial charge in [-0.25, -0.2) is 4.79 Å². The molecule has 0 bridgehead atoms. The van der Waals surface area contributed by atoms with Crippen LogP contribution in [0.1, 0.15) is 18.4 Å². The molecule has 0 spiro atoms. The van der Waals surface area contributed by atoms with Gasteiger partial charge < -0.3 is 4.90 Å². The van der Waals surface area contributed by atoms with Crippen LogP contribution < -0.4 is 11.2 Å². The zero-order chi connectivity index (χ0) is 16.7. The number of fused-ring (bicyclic) bond motifs is 1. The molecule has 2 aromatic rings. The quantitative estimate of drug-likeness (QED) is 0.727.